The van der Waals surface area contributed by atoms with E-state index in [1.165, 1.54) is 0 Å². The smallest absolute Gasteiger partial charge is 0.227 e. The maximum absolute atomic E-state index is 11.1. The van der Waals surface area contributed by atoms with E-state index >= 15 is 0 Å². The number of hydrogen-bond donors (Lipinski definition) is 0. The summed E-state index contributed by atoms with van der Waals surface area (Å²) in [6.45, 7) is 0.667. The van der Waals surface area contributed by atoms with Crippen molar-refractivity contribution in [3.8, 4) is 0 Å². The van der Waals surface area contributed by atoms with E-state index in [4.69, 9.17) is 0 Å². The Kier molecular flexibility index (Phi) is 3.36. The minimum atomic E-state index is 0.207. The van der Waals surface area contributed by atoms with Gasteiger partial charge in [-0.05, 0) is 11.4 Å². The molecule has 1 heterocycles. The highest BCUT2D eigenvalue weighted by Crippen LogP contribution is 2.07. The lowest BCUT2D eigenvalue weighted by atomic mass is 10.2. The van der Waals surface area contributed by atoms with Gasteiger partial charge in [-0.3, -0.25) is 4.79 Å². The number of hydrogen-bond acceptors (Lipinski definition) is 1. The first-order valence-electron chi connectivity index (χ1n) is 3.56. The molecule has 1 aliphatic heterocycles. The molecule has 1 aliphatic rings. The molecule has 11 heavy (non-hydrogen) atoms. The van der Waals surface area contributed by atoms with Gasteiger partial charge in [0.2, 0.25) is 5.91 Å². The zero-order valence-electron chi connectivity index (χ0n) is 6.16. The molecule has 0 aromatic heterocycles. The predicted octanol–water partition coefficient (Wildman–Crippen LogP) is 2.03. The standard InChI is InChI=1S/C8H10BrNO/c9-5-3-7-10-6-2-1-4-8(10)11/h2-3,5-6H,1,4,7H2/b5-3-. The van der Waals surface area contributed by atoms with Gasteiger partial charge in [-0.25, -0.2) is 0 Å². The molecule has 1 amide bonds. The highest BCUT2D eigenvalue weighted by molar-refractivity contribution is 9.11. The Morgan fingerprint density at radius 1 is 1.73 bits per heavy atom. The van der Waals surface area contributed by atoms with Crippen molar-refractivity contribution in [2.75, 3.05) is 6.54 Å². The van der Waals surface area contributed by atoms with Crippen molar-refractivity contribution in [1.82, 2.24) is 4.90 Å². The van der Waals surface area contributed by atoms with Crippen LogP contribution < -0.4 is 0 Å². The summed E-state index contributed by atoms with van der Waals surface area (Å²) < 4.78 is 0. The van der Waals surface area contributed by atoms with Gasteiger partial charge in [0.25, 0.3) is 0 Å². The third kappa shape index (κ3) is 2.50. The quantitative estimate of drug-likeness (QED) is 0.691. The molecule has 0 aromatic carbocycles. The van der Waals surface area contributed by atoms with E-state index < -0.39 is 0 Å². The second kappa shape index (κ2) is 4.34. The minimum absolute atomic E-state index is 0.207. The second-order valence-electron chi connectivity index (χ2n) is 2.33. The molecular weight excluding hydrogens is 206 g/mol. The first-order valence-corrected chi connectivity index (χ1v) is 4.47. The normalized spacial score (nSPS) is 18.3. The van der Waals surface area contributed by atoms with E-state index in [0.717, 1.165) is 6.42 Å². The molecule has 0 fully saturated rings. The zero-order chi connectivity index (χ0) is 8.10. The molecule has 0 unspecified atom stereocenters. The monoisotopic (exact) mass is 215 g/mol. The van der Waals surface area contributed by atoms with Crippen LogP contribution in [0, 0.1) is 0 Å². The van der Waals surface area contributed by atoms with Crippen molar-refractivity contribution >= 4 is 21.8 Å². The zero-order valence-corrected chi connectivity index (χ0v) is 7.75. The highest BCUT2D eigenvalue weighted by Gasteiger charge is 2.10. The van der Waals surface area contributed by atoms with Gasteiger partial charge in [-0.15, -0.1) is 0 Å². The van der Waals surface area contributed by atoms with E-state index in [9.17, 15) is 4.79 Å². The van der Waals surface area contributed by atoms with Crippen LogP contribution in [-0.2, 0) is 4.79 Å². The van der Waals surface area contributed by atoms with E-state index in [-0.39, 0.29) is 5.91 Å². The van der Waals surface area contributed by atoms with Crippen LogP contribution in [0.4, 0.5) is 0 Å². The van der Waals surface area contributed by atoms with Crippen LogP contribution in [0.1, 0.15) is 12.8 Å². The third-order valence-electron chi connectivity index (χ3n) is 1.52. The van der Waals surface area contributed by atoms with Gasteiger partial charge in [0.15, 0.2) is 0 Å². The summed E-state index contributed by atoms with van der Waals surface area (Å²) in [6.07, 6.45) is 7.29. The Labute approximate surface area is 74.7 Å². The van der Waals surface area contributed by atoms with Gasteiger partial charge in [0.1, 0.15) is 0 Å². The molecule has 0 spiro atoms. The fraction of sp³-hybridized carbons (Fsp3) is 0.375. The summed E-state index contributed by atoms with van der Waals surface area (Å²) in [5, 5.41) is 0. The molecule has 0 radical (unpaired) electrons. The third-order valence-corrected chi connectivity index (χ3v) is 1.90. The Morgan fingerprint density at radius 2 is 2.55 bits per heavy atom. The van der Waals surface area contributed by atoms with Crippen molar-refractivity contribution in [3.05, 3.63) is 23.3 Å². The minimum Gasteiger partial charge on any atom is -0.316 e. The first kappa shape index (κ1) is 8.53. The highest BCUT2D eigenvalue weighted by atomic mass is 79.9. The molecule has 2 nitrogen and oxygen atoms in total. The Morgan fingerprint density at radius 3 is 3.18 bits per heavy atom. The van der Waals surface area contributed by atoms with Gasteiger partial charge in [0, 0.05) is 19.2 Å². The van der Waals surface area contributed by atoms with Crippen LogP contribution in [0.25, 0.3) is 0 Å². The van der Waals surface area contributed by atoms with Crippen LogP contribution in [-0.4, -0.2) is 17.4 Å². The van der Waals surface area contributed by atoms with Gasteiger partial charge < -0.3 is 4.90 Å². The van der Waals surface area contributed by atoms with Gasteiger partial charge in [0.05, 0.1) is 0 Å². The lowest BCUT2D eigenvalue weighted by molar-refractivity contribution is -0.128. The molecule has 0 saturated heterocycles. The van der Waals surface area contributed by atoms with Crippen LogP contribution in [0.15, 0.2) is 23.3 Å². The number of rotatable bonds is 2. The molecule has 0 atom stereocenters. The Bertz CT molecular complexity index is 198. The van der Waals surface area contributed by atoms with Gasteiger partial charge >= 0.3 is 0 Å². The number of amides is 1. The van der Waals surface area contributed by atoms with E-state index in [1.54, 1.807) is 9.89 Å². The van der Waals surface area contributed by atoms with Gasteiger partial charge in [-0.1, -0.05) is 28.1 Å². The molecule has 0 aromatic rings. The van der Waals surface area contributed by atoms with Crippen molar-refractivity contribution < 1.29 is 4.79 Å². The van der Waals surface area contributed by atoms with Crippen molar-refractivity contribution in [1.29, 1.82) is 0 Å². The lowest BCUT2D eigenvalue weighted by Gasteiger charge is -2.19. The average molecular weight is 216 g/mol. The molecule has 0 aliphatic carbocycles. The molecule has 0 saturated carbocycles. The van der Waals surface area contributed by atoms with Crippen LogP contribution in [0.5, 0.6) is 0 Å². The van der Waals surface area contributed by atoms with Crippen LogP contribution >= 0.6 is 15.9 Å². The lowest BCUT2D eigenvalue weighted by Crippen LogP contribution is -2.27. The summed E-state index contributed by atoms with van der Waals surface area (Å²) in [4.78, 5) is 14.6. The maximum Gasteiger partial charge on any atom is 0.227 e. The number of carbonyl (C=O) groups excluding carboxylic acids is 1. The number of nitrogens with zero attached hydrogens (tertiary/aromatic N) is 1. The summed E-state index contributed by atoms with van der Waals surface area (Å²) in [5.41, 5.74) is 0. The second-order valence-corrected chi connectivity index (χ2v) is 2.86. The number of allylic oxidation sites excluding steroid dienone is 1. The van der Waals surface area contributed by atoms with Crippen molar-refractivity contribution in [2.45, 2.75) is 12.8 Å². The van der Waals surface area contributed by atoms with E-state index in [1.807, 2.05) is 18.4 Å². The molecule has 0 bridgehead atoms. The molecule has 60 valence electrons. The van der Waals surface area contributed by atoms with Crippen LogP contribution in [0.3, 0.4) is 0 Å². The maximum atomic E-state index is 11.1. The summed E-state index contributed by atoms with van der Waals surface area (Å²) >= 11 is 3.15. The molecule has 0 N–H and O–H groups in total. The fourth-order valence-electron chi connectivity index (χ4n) is 0.951. The molecule has 1 rings (SSSR count). The largest absolute Gasteiger partial charge is 0.316 e. The summed E-state index contributed by atoms with van der Waals surface area (Å²) in [5.74, 6) is 0.207. The molecular formula is C8H10BrNO. The Hall–Kier alpha value is -0.570. The topological polar surface area (TPSA) is 20.3 Å². The SMILES string of the molecule is O=C1CCC=CN1C/C=C\Br. The van der Waals surface area contributed by atoms with E-state index in [0.29, 0.717) is 13.0 Å². The molecule has 3 heteroatoms. The average Bonchev–Trinajstić information content (AvgIpc) is 2.03. The van der Waals surface area contributed by atoms with Crippen molar-refractivity contribution in [3.63, 3.8) is 0 Å². The summed E-state index contributed by atoms with van der Waals surface area (Å²) in [7, 11) is 0. The fourth-order valence-corrected chi connectivity index (χ4v) is 1.12. The first-order chi connectivity index (χ1) is 5.34. The van der Waals surface area contributed by atoms with Crippen LogP contribution in [0.2, 0.25) is 0 Å². The predicted molar refractivity (Wildman–Crippen MR) is 48.2 cm³/mol. The Balaban J connectivity index is 2.48. The van der Waals surface area contributed by atoms with E-state index in [2.05, 4.69) is 15.9 Å². The number of carbonyl (C=O) groups is 1. The summed E-state index contributed by atoms with van der Waals surface area (Å²) in [6, 6.07) is 0. The number of halogens is 1. The van der Waals surface area contributed by atoms with Gasteiger partial charge in [-0.2, -0.15) is 0 Å². The van der Waals surface area contributed by atoms with Crippen molar-refractivity contribution in [2.24, 2.45) is 0 Å².